The van der Waals surface area contributed by atoms with Crippen molar-refractivity contribution in [1.82, 2.24) is 20.7 Å². The number of hydrogen-bond donors (Lipinski definition) is 5. The number of carbonyl (C=O) groups is 3. The fourth-order valence-corrected chi connectivity index (χ4v) is 3.32. The maximum atomic E-state index is 13.3. The second-order valence-electron chi connectivity index (χ2n) is 8.44. The van der Waals surface area contributed by atoms with E-state index < -0.39 is 17.9 Å². The third-order valence-corrected chi connectivity index (χ3v) is 5.42. The highest BCUT2D eigenvalue weighted by atomic mass is 16.5. The Balaban J connectivity index is 1.88. The van der Waals surface area contributed by atoms with E-state index in [-0.39, 0.29) is 24.0 Å². The summed E-state index contributed by atoms with van der Waals surface area (Å²) in [5, 5.41) is 10.7. The summed E-state index contributed by atoms with van der Waals surface area (Å²) < 4.78 is 11.4. The minimum Gasteiger partial charge on any atom is -0.490 e. The fourth-order valence-electron chi connectivity index (χ4n) is 3.32. The Hall–Kier alpha value is -5.13. The number of pyridine rings is 1. The molecule has 3 amide bonds. The number of nitrogens with one attached hydrogen (secondary N) is 4. The van der Waals surface area contributed by atoms with Gasteiger partial charge in [-0.05, 0) is 61.0 Å². The number of amidine groups is 1. The summed E-state index contributed by atoms with van der Waals surface area (Å²) in [5.41, 5.74) is 12.1. The Morgan fingerprint density at radius 2 is 1.74 bits per heavy atom. The predicted molar refractivity (Wildman–Crippen MR) is 145 cm³/mol. The van der Waals surface area contributed by atoms with Crippen LogP contribution in [0.15, 0.2) is 66.9 Å². The summed E-state index contributed by atoms with van der Waals surface area (Å²) in [6, 6.07) is 15.4. The van der Waals surface area contributed by atoms with E-state index in [9.17, 15) is 14.4 Å². The van der Waals surface area contributed by atoms with E-state index in [0.717, 1.165) is 0 Å². The van der Waals surface area contributed by atoms with Gasteiger partial charge in [-0.1, -0.05) is 12.1 Å². The molecule has 0 saturated carbocycles. The minimum atomic E-state index is -0.992. The minimum absolute atomic E-state index is 0.0854. The smallest absolute Gasteiger partial charge is 0.288 e. The van der Waals surface area contributed by atoms with Crippen molar-refractivity contribution in [1.29, 1.82) is 5.41 Å². The SMILES string of the molecule is CCOc1cc(C(Nc2ccc(C(=N)N)cc2)C(=O)NNC(=O)c2ccccn2)ccc1OCC(=O)N(C)C. The fraction of sp³-hybridized carbons (Fsp3) is 0.222. The molecule has 0 aliphatic rings. The van der Waals surface area contributed by atoms with Gasteiger partial charge in [-0.2, -0.15) is 0 Å². The number of hydrogen-bond acceptors (Lipinski definition) is 8. The third kappa shape index (κ3) is 7.92. The summed E-state index contributed by atoms with van der Waals surface area (Å²) in [5.74, 6) is -0.794. The van der Waals surface area contributed by atoms with E-state index in [0.29, 0.717) is 34.9 Å². The van der Waals surface area contributed by atoms with Gasteiger partial charge in [0.2, 0.25) is 0 Å². The molecule has 1 aromatic heterocycles. The molecule has 2 aromatic carbocycles. The first-order valence-corrected chi connectivity index (χ1v) is 12.0. The Morgan fingerprint density at radius 3 is 2.36 bits per heavy atom. The quantitative estimate of drug-likeness (QED) is 0.141. The number of nitrogens with two attached hydrogens (primary N) is 1. The van der Waals surface area contributed by atoms with Crippen molar-refractivity contribution in [2.45, 2.75) is 13.0 Å². The number of likely N-dealkylation sites (N-methyl/N-ethyl adjacent to an activating group) is 1. The molecule has 3 aromatic rings. The van der Waals surface area contributed by atoms with Gasteiger partial charge in [0.25, 0.3) is 17.7 Å². The normalized spacial score (nSPS) is 11.1. The lowest BCUT2D eigenvalue weighted by molar-refractivity contribution is -0.130. The number of rotatable bonds is 11. The van der Waals surface area contributed by atoms with Gasteiger partial charge in [-0.25, -0.2) is 0 Å². The van der Waals surface area contributed by atoms with Crippen LogP contribution in [0.2, 0.25) is 0 Å². The number of hydrazine groups is 1. The van der Waals surface area contributed by atoms with Crippen molar-refractivity contribution in [3.63, 3.8) is 0 Å². The number of nitrogen functional groups attached to an aromatic ring is 1. The largest absolute Gasteiger partial charge is 0.490 e. The molecule has 0 aliphatic heterocycles. The number of benzene rings is 2. The lowest BCUT2D eigenvalue weighted by Crippen LogP contribution is -2.45. The van der Waals surface area contributed by atoms with E-state index >= 15 is 0 Å². The van der Waals surface area contributed by atoms with Crippen molar-refractivity contribution in [3.8, 4) is 11.5 Å². The monoisotopic (exact) mass is 533 g/mol. The van der Waals surface area contributed by atoms with Crippen LogP contribution in [0.3, 0.4) is 0 Å². The molecule has 39 heavy (non-hydrogen) atoms. The maximum absolute atomic E-state index is 13.3. The Labute approximate surface area is 226 Å². The highest BCUT2D eigenvalue weighted by Gasteiger charge is 2.24. The predicted octanol–water partition coefficient (Wildman–Crippen LogP) is 1.85. The van der Waals surface area contributed by atoms with Crippen molar-refractivity contribution >= 4 is 29.2 Å². The van der Waals surface area contributed by atoms with Crippen LogP contribution in [0, 0.1) is 5.41 Å². The molecule has 0 aliphatic carbocycles. The molecule has 0 bridgehead atoms. The van der Waals surface area contributed by atoms with Crippen molar-refractivity contribution in [2.75, 3.05) is 32.6 Å². The first-order valence-electron chi connectivity index (χ1n) is 12.0. The highest BCUT2D eigenvalue weighted by molar-refractivity contribution is 5.96. The van der Waals surface area contributed by atoms with Crippen LogP contribution in [-0.2, 0) is 9.59 Å². The van der Waals surface area contributed by atoms with Crippen LogP contribution in [-0.4, -0.2) is 60.8 Å². The number of anilines is 1. The number of ether oxygens (including phenoxy) is 2. The summed E-state index contributed by atoms with van der Waals surface area (Å²) in [6.45, 7) is 1.93. The molecule has 0 fully saturated rings. The second-order valence-corrected chi connectivity index (χ2v) is 8.44. The van der Waals surface area contributed by atoms with Gasteiger partial charge in [-0.3, -0.25) is 35.6 Å². The molecule has 12 nitrogen and oxygen atoms in total. The molecule has 0 radical (unpaired) electrons. The first-order chi connectivity index (χ1) is 18.7. The van der Waals surface area contributed by atoms with Crippen LogP contribution in [0.4, 0.5) is 5.69 Å². The van der Waals surface area contributed by atoms with Crippen LogP contribution < -0.4 is 31.4 Å². The van der Waals surface area contributed by atoms with E-state index in [1.807, 2.05) is 0 Å². The number of nitrogens with zero attached hydrogens (tertiary/aromatic N) is 2. The van der Waals surface area contributed by atoms with Gasteiger partial charge in [0, 0.05) is 31.5 Å². The van der Waals surface area contributed by atoms with Gasteiger partial charge in [0.05, 0.1) is 6.61 Å². The summed E-state index contributed by atoms with van der Waals surface area (Å²) in [7, 11) is 3.26. The Bertz CT molecular complexity index is 1310. The highest BCUT2D eigenvalue weighted by Crippen LogP contribution is 2.32. The summed E-state index contributed by atoms with van der Waals surface area (Å²) >= 11 is 0. The van der Waals surface area contributed by atoms with Crippen molar-refractivity contribution in [2.24, 2.45) is 5.73 Å². The zero-order valence-corrected chi connectivity index (χ0v) is 21.9. The van der Waals surface area contributed by atoms with Gasteiger partial charge >= 0.3 is 0 Å². The molecule has 204 valence electrons. The number of carbonyl (C=O) groups excluding carboxylic acids is 3. The third-order valence-electron chi connectivity index (χ3n) is 5.42. The molecule has 0 saturated heterocycles. The number of amides is 3. The average Bonchev–Trinajstić information content (AvgIpc) is 2.94. The zero-order chi connectivity index (χ0) is 28.4. The van der Waals surface area contributed by atoms with Crippen molar-refractivity contribution < 1.29 is 23.9 Å². The van der Waals surface area contributed by atoms with Crippen LogP contribution in [0.25, 0.3) is 0 Å². The van der Waals surface area contributed by atoms with E-state index in [1.54, 1.807) is 75.6 Å². The van der Waals surface area contributed by atoms with E-state index in [2.05, 4.69) is 21.2 Å². The van der Waals surface area contributed by atoms with Crippen LogP contribution >= 0.6 is 0 Å². The molecule has 1 atom stereocenters. The molecular weight excluding hydrogens is 502 g/mol. The summed E-state index contributed by atoms with van der Waals surface area (Å²) in [6.07, 6.45) is 1.47. The van der Waals surface area contributed by atoms with E-state index in [4.69, 9.17) is 20.6 Å². The molecule has 1 heterocycles. The average molecular weight is 534 g/mol. The standard InChI is InChI=1S/C27H31N7O5/c1-4-38-22-15-18(10-13-21(22)39-16-23(35)34(2)3)24(31-19-11-8-17(9-12-19)25(28)29)27(37)33-32-26(36)20-7-5-6-14-30-20/h5-15,24,31H,4,16H2,1-3H3,(H3,28,29)(H,32,36)(H,33,37). The Morgan fingerprint density at radius 1 is 1.00 bits per heavy atom. The molecular formula is C27H31N7O5. The molecule has 1 unspecified atom stereocenters. The van der Waals surface area contributed by atoms with Crippen LogP contribution in [0.1, 0.15) is 34.6 Å². The lowest BCUT2D eigenvalue weighted by atomic mass is 10.0. The Kier molecular flexibility index (Phi) is 9.79. The molecule has 0 spiro atoms. The lowest BCUT2D eigenvalue weighted by Gasteiger charge is -2.22. The van der Waals surface area contributed by atoms with Gasteiger partial charge in [-0.15, -0.1) is 0 Å². The molecule has 3 rings (SSSR count). The van der Waals surface area contributed by atoms with Crippen LogP contribution in [0.5, 0.6) is 11.5 Å². The van der Waals surface area contributed by atoms with E-state index in [1.165, 1.54) is 17.2 Å². The second kappa shape index (κ2) is 13.4. The van der Waals surface area contributed by atoms with Crippen molar-refractivity contribution in [3.05, 3.63) is 83.7 Å². The van der Waals surface area contributed by atoms with Gasteiger partial charge < -0.3 is 25.4 Å². The zero-order valence-electron chi connectivity index (χ0n) is 21.9. The number of aromatic nitrogens is 1. The maximum Gasteiger partial charge on any atom is 0.288 e. The molecule has 6 N–H and O–H groups in total. The summed E-state index contributed by atoms with van der Waals surface area (Å²) in [4.78, 5) is 43.1. The molecule has 12 heteroatoms. The first kappa shape index (κ1) is 28.4. The van der Waals surface area contributed by atoms with Gasteiger partial charge in [0.15, 0.2) is 18.1 Å². The van der Waals surface area contributed by atoms with Gasteiger partial charge in [0.1, 0.15) is 17.6 Å². The topological polar surface area (TPSA) is 172 Å².